The van der Waals surface area contributed by atoms with Gasteiger partial charge in [0, 0.05) is 35.1 Å². The molecule has 0 saturated heterocycles. The van der Waals surface area contributed by atoms with Gasteiger partial charge in [-0.05, 0) is 42.0 Å². The molecular formula is C23H19N5O. The largest absolute Gasteiger partial charge is 0.366 e. The van der Waals surface area contributed by atoms with Crippen molar-refractivity contribution >= 4 is 17.4 Å². The predicted octanol–water partition coefficient (Wildman–Crippen LogP) is 3.97. The molecule has 0 saturated carbocycles. The highest BCUT2D eigenvalue weighted by Crippen LogP contribution is 2.26. The summed E-state index contributed by atoms with van der Waals surface area (Å²) in [5.41, 5.74) is 10.2. The van der Waals surface area contributed by atoms with Crippen molar-refractivity contribution in [3.8, 4) is 11.3 Å². The predicted molar refractivity (Wildman–Crippen MR) is 113 cm³/mol. The summed E-state index contributed by atoms with van der Waals surface area (Å²) in [6.45, 7) is 0. The van der Waals surface area contributed by atoms with Crippen LogP contribution in [0.4, 0.5) is 11.5 Å². The lowest BCUT2D eigenvalue weighted by molar-refractivity contribution is 0.0999. The van der Waals surface area contributed by atoms with E-state index in [9.17, 15) is 4.79 Å². The zero-order valence-electron chi connectivity index (χ0n) is 15.6. The van der Waals surface area contributed by atoms with Gasteiger partial charge in [-0.25, -0.2) is 0 Å². The number of hydrogen-bond donors (Lipinski definition) is 2. The second-order valence-electron chi connectivity index (χ2n) is 6.49. The zero-order valence-corrected chi connectivity index (χ0v) is 15.6. The van der Waals surface area contributed by atoms with Crippen LogP contribution in [0.2, 0.25) is 0 Å². The molecule has 0 unspecified atom stereocenters. The molecule has 4 aromatic rings. The van der Waals surface area contributed by atoms with Crippen molar-refractivity contribution in [1.29, 1.82) is 0 Å². The molecule has 6 nitrogen and oxygen atoms in total. The minimum atomic E-state index is -0.481. The van der Waals surface area contributed by atoms with Gasteiger partial charge in [0.25, 0.3) is 0 Å². The number of primary amides is 1. The molecule has 142 valence electrons. The van der Waals surface area contributed by atoms with E-state index < -0.39 is 5.91 Å². The molecule has 0 spiro atoms. The van der Waals surface area contributed by atoms with Crippen molar-refractivity contribution in [3.63, 3.8) is 0 Å². The van der Waals surface area contributed by atoms with E-state index in [0.717, 1.165) is 28.2 Å². The molecule has 0 atom stereocenters. The van der Waals surface area contributed by atoms with Crippen molar-refractivity contribution in [1.82, 2.24) is 15.2 Å². The van der Waals surface area contributed by atoms with Crippen molar-refractivity contribution < 1.29 is 4.79 Å². The Morgan fingerprint density at radius 3 is 2.38 bits per heavy atom. The van der Waals surface area contributed by atoms with Crippen LogP contribution < -0.4 is 11.1 Å². The number of aromatic nitrogens is 3. The molecule has 2 aromatic heterocycles. The highest BCUT2D eigenvalue weighted by Gasteiger charge is 2.14. The number of hydrogen-bond acceptors (Lipinski definition) is 5. The third-order valence-corrected chi connectivity index (χ3v) is 4.52. The number of anilines is 2. The normalized spacial score (nSPS) is 10.5. The minimum Gasteiger partial charge on any atom is -0.366 e. The van der Waals surface area contributed by atoms with Crippen molar-refractivity contribution in [2.24, 2.45) is 5.73 Å². The molecule has 0 aliphatic carbocycles. The molecule has 0 aliphatic heterocycles. The van der Waals surface area contributed by atoms with Gasteiger partial charge < -0.3 is 11.1 Å². The number of amides is 1. The molecule has 6 heteroatoms. The van der Waals surface area contributed by atoms with Crippen molar-refractivity contribution in [2.75, 3.05) is 5.32 Å². The summed E-state index contributed by atoms with van der Waals surface area (Å²) < 4.78 is 0. The Hall–Kier alpha value is -4.06. The summed E-state index contributed by atoms with van der Waals surface area (Å²) in [6.07, 6.45) is 2.20. The lowest BCUT2D eigenvalue weighted by atomic mass is 9.99. The first kappa shape index (κ1) is 18.3. The van der Waals surface area contributed by atoms with Gasteiger partial charge in [0.2, 0.25) is 5.91 Å². The molecule has 2 aromatic carbocycles. The molecule has 2 heterocycles. The first-order valence-corrected chi connectivity index (χ1v) is 9.18. The van der Waals surface area contributed by atoms with E-state index >= 15 is 0 Å². The van der Waals surface area contributed by atoms with Gasteiger partial charge in [0.1, 0.15) is 0 Å². The van der Waals surface area contributed by atoms with Gasteiger partial charge in [0.15, 0.2) is 5.82 Å². The maximum absolute atomic E-state index is 12.0. The van der Waals surface area contributed by atoms with Crippen LogP contribution >= 0.6 is 0 Å². The Morgan fingerprint density at radius 1 is 0.862 bits per heavy atom. The van der Waals surface area contributed by atoms with E-state index in [1.165, 1.54) is 0 Å². The van der Waals surface area contributed by atoms with Crippen LogP contribution in [0.1, 0.15) is 21.6 Å². The molecule has 0 bridgehead atoms. The summed E-state index contributed by atoms with van der Waals surface area (Å²) in [4.78, 5) is 16.3. The van der Waals surface area contributed by atoms with Gasteiger partial charge >= 0.3 is 0 Å². The number of pyridine rings is 1. The number of nitrogens with one attached hydrogen (secondary N) is 1. The maximum atomic E-state index is 12.0. The Morgan fingerprint density at radius 2 is 1.69 bits per heavy atom. The number of rotatable bonds is 6. The lowest BCUT2D eigenvalue weighted by Gasteiger charge is -2.14. The van der Waals surface area contributed by atoms with E-state index in [0.29, 0.717) is 17.8 Å². The fourth-order valence-electron chi connectivity index (χ4n) is 3.11. The second kappa shape index (κ2) is 8.31. The SMILES string of the molecule is NC(=O)c1cccc(Nc2ccc(-c3ccccc3)nn2)c1Cc1ccccn1. The number of carbonyl (C=O) groups excluding carboxylic acids is 1. The van der Waals surface area contributed by atoms with E-state index in [2.05, 4.69) is 20.5 Å². The maximum Gasteiger partial charge on any atom is 0.249 e. The molecule has 3 N–H and O–H groups in total. The van der Waals surface area contributed by atoms with Crippen LogP contribution in [0.5, 0.6) is 0 Å². The van der Waals surface area contributed by atoms with Crippen molar-refractivity contribution in [3.05, 3.63) is 102 Å². The smallest absolute Gasteiger partial charge is 0.249 e. The summed E-state index contributed by atoms with van der Waals surface area (Å²) in [5.74, 6) is 0.0960. The monoisotopic (exact) mass is 381 g/mol. The summed E-state index contributed by atoms with van der Waals surface area (Å²) >= 11 is 0. The van der Waals surface area contributed by atoms with E-state index in [-0.39, 0.29) is 0 Å². The highest BCUT2D eigenvalue weighted by molar-refractivity contribution is 5.96. The summed E-state index contributed by atoms with van der Waals surface area (Å²) in [7, 11) is 0. The van der Waals surface area contributed by atoms with Crippen LogP contribution in [0.15, 0.2) is 85.1 Å². The zero-order chi connectivity index (χ0) is 20.1. The van der Waals surface area contributed by atoms with Crippen LogP contribution in [0.3, 0.4) is 0 Å². The fourth-order valence-corrected chi connectivity index (χ4v) is 3.11. The number of carbonyl (C=O) groups is 1. The van der Waals surface area contributed by atoms with E-state index in [1.54, 1.807) is 18.3 Å². The minimum absolute atomic E-state index is 0.453. The highest BCUT2D eigenvalue weighted by atomic mass is 16.1. The Kier molecular flexibility index (Phi) is 5.25. The third-order valence-electron chi connectivity index (χ3n) is 4.52. The Bertz CT molecular complexity index is 1110. The first-order chi connectivity index (χ1) is 14.2. The van der Waals surface area contributed by atoms with Crippen LogP contribution in [0.25, 0.3) is 11.3 Å². The van der Waals surface area contributed by atoms with Crippen LogP contribution in [-0.2, 0) is 6.42 Å². The number of nitrogens with two attached hydrogens (primary N) is 1. The molecule has 4 rings (SSSR count). The quantitative estimate of drug-likeness (QED) is 0.527. The van der Waals surface area contributed by atoms with Crippen molar-refractivity contribution in [2.45, 2.75) is 6.42 Å². The Balaban J connectivity index is 1.64. The fraction of sp³-hybridized carbons (Fsp3) is 0.0435. The second-order valence-corrected chi connectivity index (χ2v) is 6.49. The summed E-state index contributed by atoms with van der Waals surface area (Å²) in [6, 6.07) is 24.7. The van der Waals surface area contributed by atoms with Crippen LogP contribution in [0, 0.1) is 0 Å². The van der Waals surface area contributed by atoms with E-state index in [4.69, 9.17) is 5.73 Å². The van der Waals surface area contributed by atoms with Gasteiger partial charge in [-0.15, -0.1) is 10.2 Å². The molecule has 0 radical (unpaired) electrons. The van der Waals surface area contributed by atoms with Gasteiger partial charge in [-0.3, -0.25) is 9.78 Å². The topological polar surface area (TPSA) is 93.8 Å². The number of benzene rings is 2. The third kappa shape index (κ3) is 4.27. The average Bonchev–Trinajstić information content (AvgIpc) is 2.76. The molecule has 29 heavy (non-hydrogen) atoms. The van der Waals surface area contributed by atoms with Crippen LogP contribution in [-0.4, -0.2) is 21.1 Å². The molecule has 0 aliphatic rings. The van der Waals surface area contributed by atoms with Gasteiger partial charge in [-0.2, -0.15) is 0 Å². The number of nitrogens with zero attached hydrogens (tertiary/aromatic N) is 3. The first-order valence-electron chi connectivity index (χ1n) is 9.18. The van der Waals surface area contributed by atoms with Gasteiger partial charge in [-0.1, -0.05) is 42.5 Å². The van der Waals surface area contributed by atoms with Gasteiger partial charge in [0.05, 0.1) is 5.69 Å². The average molecular weight is 381 g/mol. The standard InChI is InChI=1S/C23H19N5O/c24-23(29)18-10-6-11-21(19(18)15-17-9-4-5-14-25-17)26-22-13-12-20(27-28-22)16-7-2-1-3-8-16/h1-14H,15H2,(H2,24,29)(H,26,28). The molecule has 1 amide bonds. The Labute approximate surface area is 168 Å². The lowest BCUT2D eigenvalue weighted by Crippen LogP contribution is -2.15. The summed E-state index contributed by atoms with van der Waals surface area (Å²) in [5, 5.41) is 11.8. The van der Waals surface area contributed by atoms with E-state index in [1.807, 2.05) is 66.7 Å². The molecule has 0 fully saturated rings. The molecular weight excluding hydrogens is 362 g/mol.